The summed E-state index contributed by atoms with van der Waals surface area (Å²) in [5, 5.41) is 17.9. The molecule has 1 aromatic carbocycles. The van der Waals surface area contributed by atoms with Gasteiger partial charge in [-0.1, -0.05) is 6.07 Å². The molecule has 5 N–H and O–H groups in total. The van der Waals surface area contributed by atoms with Crippen molar-refractivity contribution < 1.29 is 37.7 Å². The molecule has 0 aliphatic heterocycles. The van der Waals surface area contributed by atoms with Crippen molar-refractivity contribution in [2.45, 2.75) is 6.18 Å². The molecule has 0 saturated carbocycles. The van der Waals surface area contributed by atoms with Crippen molar-refractivity contribution in [3.63, 3.8) is 0 Å². The number of hydrogen-bond acceptors (Lipinski definition) is 7. The van der Waals surface area contributed by atoms with Crippen molar-refractivity contribution in [2.24, 2.45) is 0 Å². The summed E-state index contributed by atoms with van der Waals surface area (Å²) in [7, 11) is 1.31. The van der Waals surface area contributed by atoms with Gasteiger partial charge in [-0.25, -0.2) is 19.6 Å². The van der Waals surface area contributed by atoms with Crippen molar-refractivity contribution >= 4 is 28.8 Å². The number of fused-ring (bicyclic) bond motifs is 1. The molecule has 3 rings (SSSR count). The zero-order valence-electron chi connectivity index (χ0n) is 14.1. The number of H-pyrrole nitrogens is 1. The van der Waals surface area contributed by atoms with E-state index in [2.05, 4.69) is 19.7 Å². The second kappa shape index (κ2) is 7.82. The minimum atomic E-state index is -5.08. The smallest absolute Gasteiger partial charge is 0.490 e. The van der Waals surface area contributed by atoms with E-state index < -0.39 is 18.1 Å². The van der Waals surface area contributed by atoms with Gasteiger partial charge in [-0.05, 0) is 18.2 Å². The van der Waals surface area contributed by atoms with Crippen LogP contribution in [0.25, 0.3) is 22.2 Å². The minimum absolute atomic E-state index is 0.0508. The van der Waals surface area contributed by atoms with Crippen LogP contribution in [0.4, 0.5) is 19.1 Å². The molecule has 9 nitrogen and oxygen atoms in total. The highest BCUT2D eigenvalue weighted by atomic mass is 19.4. The lowest BCUT2D eigenvalue weighted by molar-refractivity contribution is -0.192. The topological polar surface area (TPSA) is 151 Å². The average Bonchev–Trinajstić information content (AvgIpc) is 2.95. The Kier molecular flexibility index (Phi) is 5.72. The van der Waals surface area contributed by atoms with Crippen LogP contribution in [0.5, 0.6) is 5.88 Å². The van der Waals surface area contributed by atoms with E-state index in [1.54, 1.807) is 24.3 Å². The molecule has 0 aliphatic rings. The maximum absolute atomic E-state index is 11.5. The van der Waals surface area contributed by atoms with Crippen molar-refractivity contribution in [1.29, 1.82) is 0 Å². The Bertz CT molecular complexity index is 1030. The molecule has 0 unspecified atom stereocenters. The Morgan fingerprint density at radius 1 is 1.25 bits per heavy atom. The number of hydrogen-bond donors (Lipinski definition) is 4. The van der Waals surface area contributed by atoms with Gasteiger partial charge in [0.05, 0.1) is 23.9 Å². The maximum Gasteiger partial charge on any atom is 0.490 e. The number of aliphatic carboxylic acids is 1. The van der Waals surface area contributed by atoms with Crippen LogP contribution in [0.3, 0.4) is 0 Å². The molecular weight excluding hydrogens is 385 g/mol. The van der Waals surface area contributed by atoms with Crippen LogP contribution in [0.1, 0.15) is 10.4 Å². The summed E-state index contributed by atoms with van der Waals surface area (Å²) in [6, 6.07) is 6.59. The number of aromatic amines is 1. The number of nitrogens with one attached hydrogen (secondary N) is 1. The van der Waals surface area contributed by atoms with Gasteiger partial charge in [0.2, 0.25) is 5.95 Å². The van der Waals surface area contributed by atoms with E-state index in [9.17, 15) is 23.1 Å². The summed E-state index contributed by atoms with van der Waals surface area (Å²) in [5.41, 5.74) is 7.56. The van der Waals surface area contributed by atoms with Crippen LogP contribution < -0.4 is 5.73 Å². The number of benzene rings is 1. The highest BCUT2D eigenvalue weighted by Gasteiger charge is 2.38. The van der Waals surface area contributed by atoms with Crippen LogP contribution in [-0.4, -0.2) is 50.4 Å². The van der Waals surface area contributed by atoms with Gasteiger partial charge in [-0.3, -0.25) is 0 Å². The number of carboxylic acids is 1. The van der Waals surface area contributed by atoms with Gasteiger partial charge in [-0.15, -0.1) is 0 Å². The van der Waals surface area contributed by atoms with Crippen LogP contribution >= 0.6 is 0 Å². The molecule has 3 aromatic rings. The highest BCUT2D eigenvalue weighted by molar-refractivity contribution is 6.01. The number of alkyl halides is 3. The van der Waals surface area contributed by atoms with Crippen LogP contribution in [0, 0.1) is 0 Å². The number of carbonyl (C=O) groups excluding carboxylic acids is 1. The number of ether oxygens (including phenoxy) is 1. The Morgan fingerprint density at radius 2 is 1.89 bits per heavy atom. The van der Waals surface area contributed by atoms with Crippen LogP contribution in [0.15, 0.2) is 30.5 Å². The fourth-order valence-corrected chi connectivity index (χ4v) is 2.20. The maximum atomic E-state index is 11.5. The number of rotatable bonds is 2. The summed E-state index contributed by atoms with van der Waals surface area (Å²) < 4.78 is 36.4. The molecule has 0 spiro atoms. The average molecular weight is 398 g/mol. The largest absolute Gasteiger partial charge is 0.494 e. The third kappa shape index (κ3) is 4.47. The van der Waals surface area contributed by atoms with E-state index in [0.29, 0.717) is 22.3 Å². The molecule has 0 bridgehead atoms. The van der Waals surface area contributed by atoms with Gasteiger partial charge in [-0.2, -0.15) is 13.2 Å². The number of anilines is 1. The van der Waals surface area contributed by atoms with Crippen molar-refractivity contribution in [2.75, 3.05) is 12.8 Å². The quantitative estimate of drug-likeness (QED) is 0.480. The zero-order valence-corrected chi connectivity index (χ0v) is 14.1. The molecule has 0 saturated heterocycles. The van der Waals surface area contributed by atoms with Crippen molar-refractivity contribution in [3.05, 3.63) is 36.0 Å². The first kappa shape index (κ1) is 20.5. The zero-order chi connectivity index (χ0) is 21.1. The lowest BCUT2D eigenvalue weighted by Crippen LogP contribution is -2.21. The number of carboxylic acid groups (broad SMARTS) is 1. The van der Waals surface area contributed by atoms with Crippen molar-refractivity contribution in [1.82, 2.24) is 15.0 Å². The molecule has 0 fully saturated rings. The van der Waals surface area contributed by atoms with Gasteiger partial charge >= 0.3 is 18.1 Å². The third-order valence-corrected chi connectivity index (χ3v) is 3.37. The van der Waals surface area contributed by atoms with E-state index in [1.165, 1.54) is 13.3 Å². The first-order valence-electron chi connectivity index (χ1n) is 7.36. The number of aromatic nitrogens is 3. The lowest BCUT2D eigenvalue weighted by atomic mass is 10.1. The molecule has 0 radical (unpaired) electrons. The first-order valence-corrected chi connectivity index (χ1v) is 7.36. The molecule has 28 heavy (non-hydrogen) atoms. The number of halogens is 3. The number of methoxy groups -OCH3 is 1. The summed E-state index contributed by atoms with van der Waals surface area (Å²) in [6.45, 7) is 0. The Morgan fingerprint density at radius 3 is 2.43 bits per heavy atom. The first-order chi connectivity index (χ1) is 13.0. The Hall–Kier alpha value is -3.83. The number of esters is 1. The molecule has 2 heterocycles. The second-order valence-electron chi connectivity index (χ2n) is 5.20. The van der Waals surface area contributed by atoms with Gasteiger partial charge in [0, 0.05) is 17.1 Å². The summed E-state index contributed by atoms with van der Waals surface area (Å²) in [4.78, 5) is 31.2. The van der Waals surface area contributed by atoms with E-state index in [0.717, 1.165) is 5.39 Å². The van der Waals surface area contributed by atoms with E-state index >= 15 is 0 Å². The second-order valence-corrected chi connectivity index (χ2v) is 5.20. The monoisotopic (exact) mass is 398 g/mol. The number of nitrogen functional groups attached to an aromatic ring is 1. The Labute approximate surface area is 154 Å². The summed E-state index contributed by atoms with van der Waals surface area (Å²) in [6.07, 6.45) is -3.57. The summed E-state index contributed by atoms with van der Waals surface area (Å²) >= 11 is 0. The number of nitrogens with two attached hydrogens (primary N) is 1. The normalized spacial score (nSPS) is 10.9. The van der Waals surface area contributed by atoms with Crippen LogP contribution in [0.2, 0.25) is 0 Å². The molecule has 2 aromatic heterocycles. The third-order valence-electron chi connectivity index (χ3n) is 3.37. The SMILES string of the molecule is COC(=O)c1ccc2c(-c3ccnc(N)n3)c(O)[nH]c2c1.O=C(O)C(F)(F)F. The molecule has 148 valence electrons. The van der Waals surface area contributed by atoms with E-state index in [1.807, 2.05) is 0 Å². The van der Waals surface area contributed by atoms with Crippen molar-refractivity contribution in [3.8, 4) is 17.1 Å². The predicted octanol–water partition coefficient (Wildman–Crippen LogP) is 2.33. The van der Waals surface area contributed by atoms with Crippen LogP contribution in [-0.2, 0) is 9.53 Å². The number of carbonyl (C=O) groups is 2. The summed E-state index contributed by atoms with van der Waals surface area (Å²) in [5.74, 6) is -3.14. The van der Waals surface area contributed by atoms with Gasteiger partial charge in [0.1, 0.15) is 0 Å². The predicted molar refractivity (Wildman–Crippen MR) is 90.4 cm³/mol. The van der Waals surface area contributed by atoms with Gasteiger partial charge < -0.3 is 25.7 Å². The number of nitrogens with zero attached hydrogens (tertiary/aromatic N) is 2. The molecule has 0 atom stereocenters. The molecular formula is C16H13F3N4O5. The number of aromatic hydroxyl groups is 1. The van der Waals surface area contributed by atoms with E-state index in [4.69, 9.17) is 15.6 Å². The Balaban J connectivity index is 0.000000345. The fraction of sp³-hybridized carbons (Fsp3) is 0.125. The lowest BCUT2D eigenvalue weighted by Gasteiger charge is -2.01. The fourth-order valence-electron chi connectivity index (χ4n) is 2.20. The molecule has 12 heteroatoms. The highest BCUT2D eigenvalue weighted by Crippen LogP contribution is 2.35. The van der Waals surface area contributed by atoms with E-state index in [-0.39, 0.29) is 11.8 Å². The molecule has 0 aliphatic carbocycles. The standard InChI is InChI=1S/C14H12N4O3.C2HF3O2/c1-21-13(20)7-2-3-8-10(6-7)17-12(19)11(8)9-4-5-16-14(15)18-9;3-2(4,5)1(6)7/h2-6,17,19H,1H3,(H2,15,16,18);(H,6,7). The van der Waals surface area contributed by atoms with Gasteiger partial charge in [0.15, 0.2) is 5.88 Å². The minimum Gasteiger partial charge on any atom is -0.494 e. The van der Waals surface area contributed by atoms with Gasteiger partial charge in [0.25, 0.3) is 0 Å². The molecule has 0 amide bonds.